The Labute approximate surface area is 177 Å². The number of para-hydroxylation sites is 1. The molecule has 0 radical (unpaired) electrons. The minimum absolute atomic E-state index is 0.853. The summed E-state index contributed by atoms with van der Waals surface area (Å²) in [6, 6.07) is 29.0. The first-order valence-electron chi connectivity index (χ1n) is 10.3. The molecule has 29 heavy (non-hydrogen) atoms. The van der Waals surface area contributed by atoms with Crippen LogP contribution in [0.1, 0.15) is 18.4 Å². The lowest BCUT2D eigenvalue weighted by Crippen LogP contribution is -2.21. The van der Waals surface area contributed by atoms with Crippen LogP contribution in [0.3, 0.4) is 0 Å². The molecular weight excluding hydrogens is 374 g/mol. The van der Waals surface area contributed by atoms with E-state index in [9.17, 15) is 0 Å². The fourth-order valence-corrected chi connectivity index (χ4v) is 4.38. The van der Waals surface area contributed by atoms with Crippen LogP contribution in [0.25, 0.3) is 0 Å². The molecule has 0 amide bonds. The molecule has 0 aliphatic carbocycles. The molecule has 1 saturated heterocycles. The van der Waals surface area contributed by atoms with Gasteiger partial charge in [0.1, 0.15) is 5.84 Å². The Kier molecular flexibility index (Phi) is 7.00. The maximum absolute atomic E-state index is 4.90. The highest BCUT2D eigenvalue weighted by atomic mass is 32.2. The maximum Gasteiger partial charge on any atom is 0.138 e. The van der Waals surface area contributed by atoms with Crippen molar-refractivity contribution in [3.63, 3.8) is 0 Å². The summed E-state index contributed by atoms with van der Waals surface area (Å²) in [6.45, 7) is 3.72. The minimum atomic E-state index is 0.853. The predicted molar refractivity (Wildman–Crippen MR) is 126 cm³/mol. The van der Waals surface area contributed by atoms with Crippen molar-refractivity contribution in [2.75, 3.05) is 30.7 Å². The van der Waals surface area contributed by atoms with E-state index in [4.69, 9.17) is 4.99 Å². The highest BCUT2D eigenvalue weighted by Crippen LogP contribution is 2.23. The van der Waals surface area contributed by atoms with Gasteiger partial charge < -0.3 is 10.2 Å². The molecule has 0 aromatic heterocycles. The molecule has 148 valence electrons. The Morgan fingerprint density at radius 2 is 1.48 bits per heavy atom. The fraction of sp³-hybridized carbons (Fsp3) is 0.240. The first-order valence-corrected chi connectivity index (χ1v) is 11.3. The molecule has 0 atom stereocenters. The van der Waals surface area contributed by atoms with Gasteiger partial charge in [-0.05, 0) is 62.3 Å². The van der Waals surface area contributed by atoms with Crippen LogP contribution in [0.5, 0.6) is 0 Å². The largest absolute Gasteiger partial charge is 0.340 e. The third-order valence-corrected chi connectivity index (χ3v) is 6.03. The number of nitrogens with one attached hydrogen (secondary N) is 1. The van der Waals surface area contributed by atoms with Gasteiger partial charge in [0.25, 0.3) is 0 Å². The van der Waals surface area contributed by atoms with Crippen molar-refractivity contribution in [3.8, 4) is 0 Å². The third-order valence-electron chi connectivity index (χ3n) is 5.04. The van der Waals surface area contributed by atoms with Gasteiger partial charge in [-0.15, -0.1) is 11.8 Å². The van der Waals surface area contributed by atoms with Gasteiger partial charge in [-0.25, -0.2) is 4.99 Å². The molecule has 0 saturated carbocycles. The van der Waals surface area contributed by atoms with Crippen LogP contribution in [-0.4, -0.2) is 36.1 Å². The fourth-order valence-electron chi connectivity index (χ4n) is 3.46. The molecule has 1 aliphatic heterocycles. The Morgan fingerprint density at radius 3 is 2.17 bits per heavy atom. The lowest BCUT2D eigenvalue weighted by Gasteiger charge is -2.13. The van der Waals surface area contributed by atoms with E-state index < -0.39 is 0 Å². The van der Waals surface area contributed by atoms with Crippen molar-refractivity contribution >= 4 is 29.0 Å². The van der Waals surface area contributed by atoms with Crippen molar-refractivity contribution in [3.05, 3.63) is 90.5 Å². The molecule has 0 bridgehead atoms. The van der Waals surface area contributed by atoms with E-state index in [0.29, 0.717) is 0 Å². The molecule has 4 heteroatoms. The van der Waals surface area contributed by atoms with E-state index in [0.717, 1.165) is 28.5 Å². The third kappa shape index (κ3) is 5.96. The highest BCUT2D eigenvalue weighted by Gasteiger charge is 2.10. The smallest absolute Gasteiger partial charge is 0.138 e. The number of thioether (sulfide) groups is 1. The average molecular weight is 402 g/mol. The zero-order valence-electron chi connectivity index (χ0n) is 16.6. The number of hydrogen-bond donors (Lipinski definition) is 1. The Balaban J connectivity index is 1.45. The van der Waals surface area contributed by atoms with Crippen molar-refractivity contribution < 1.29 is 0 Å². The topological polar surface area (TPSA) is 27.6 Å². The highest BCUT2D eigenvalue weighted by molar-refractivity contribution is 7.99. The lowest BCUT2D eigenvalue weighted by atomic mass is 10.2. The Bertz CT molecular complexity index is 902. The molecular formula is C25H27N3S. The summed E-state index contributed by atoms with van der Waals surface area (Å²) in [6.07, 6.45) is 2.72. The summed E-state index contributed by atoms with van der Waals surface area (Å²) in [7, 11) is 0. The maximum atomic E-state index is 4.90. The molecule has 0 spiro atoms. The van der Waals surface area contributed by atoms with Crippen LogP contribution in [0, 0.1) is 0 Å². The van der Waals surface area contributed by atoms with Crippen molar-refractivity contribution in [1.29, 1.82) is 0 Å². The second-order valence-electron chi connectivity index (χ2n) is 7.21. The zero-order chi connectivity index (χ0) is 19.7. The molecule has 4 rings (SSSR count). The number of rotatable bonds is 7. The first kappa shape index (κ1) is 19.7. The van der Waals surface area contributed by atoms with Gasteiger partial charge in [-0.2, -0.15) is 0 Å². The van der Waals surface area contributed by atoms with Crippen LogP contribution >= 0.6 is 11.8 Å². The van der Waals surface area contributed by atoms with Crippen LogP contribution in [-0.2, 0) is 0 Å². The van der Waals surface area contributed by atoms with Crippen LogP contribution < -0.4 is 5.32 Å². The Hall–Kier alpha value is -2.56. The minimum Gasteiger partial charge on any atom is -0.340 e. The summed E-state index contributed by atoms with van der Waals surface area (Å²) < 4.78 is 0. The predicted octanol–water partition coefficient (Wildman–Crippen LogP) is 6.06. The number of anilines is 1. The van der Waals surface area contributed by atoms with Crippen LogP contribution in [0.15, 0.2) is 94.8 Å². The van der Waals surface area contributed by atoms with E-state index >= 15 is 0 Å². The number of hydrogen-bond acceptors (Lipinski definition) is 3. The van der Waals surface area contributed by atoms with E-state index in [-0.39, 0.29) is 0 Å². The van der Waals surface area contributed by atoms with Gasteiger partial charge in [0.15, 0.2) is 0 Å². The SMILES string of the molecule is c1ccc(NC(=Nc2ccc(SCCN3CCCC3)cc2)c2ccccc2)cc1. The summed E-state index contributed by atoms with van der Waals surface area (Å²) in [4.78, 5) is 8.77. The van der Waals surface area contributed by atoms with Gasteiger partial charge in [-0.3, -0.25) is 0 Å². The van der Waals surface area contributed by atoms with E-state index in [1.165, 1.54) is 37.4 Å². The average Bonchev–Trinajstić information content (AvgIpc) is 3.29. The van der Waals surface area contributed by atoms with E-state index in [1.54, 1.807) is 0 Å². The summed E-state index contributed by atoms with van der Waals surface area (Å²) in [5, 5.41) is 3.46. The van der Waals surface area contributed by atoms with Crippen LogP contribution in [0.2, 0.25) is 0 Å². The van der Waals surface area contributed by atoms with Crippen molar-refractivity contribution in [1.82, 2.24) is 4.90 Å². The quantitative estimate of drug-likeness (QED) is 0.296. The standard InChI is InChI=1S/C25H27N3S/c1-3-9-21(10-4-1)25(26-22-11-5-2-6-12-22)27-23-13-15-24(16-14-23)29-20-19-28-17-7-8-18-28/h1-6,9-16H,7-8,17-20H2,(H,26,27). The zero-order valence-corrected chi connectivity index (χ0v) is 17.4. The monoisotopic (exact) mass is 401 g/mol. The molecule has 3 aromatic carbocycles. The number of benzene rings is 3. The molecule has 3 aromatic rings. The van der Waals surface area contributed by atoms with Gasteiger partial charge >= 0.3 is 0 Å². The van der Waals surface area contributed by atoms with E-state index in [2.05, 4.69) is 58.7 Å². The normalized spacial score (nSPS) is 14.8. The lowest BCUT2D eigenvalue weighted by molar-refractivity contribution is 0.362. The second kappa shape index (κ2) is 10.3. The first-order chi connectivity index (χ1) is 14.4. The summed E-state index contributed by atoms with van der Waals surface area (Å²) in [5.74, 6) is 2.00. The molecule has 1 fully saturated rings. The van der Waals surface area contributed by atoms with E-state index in [1.807, 2.05) is 48.2 Å². The number of likely N-dealkylation sites (tertiary alicyclic amines) is 1. The van der Waals surface area contributed by atoms with Crippen molar-refractivity contribution in [2.24, 2.45) is 4.99 Å². The molecule has 1 N–H and O–H groups in total. The molecule has 1 aliphatic rings. The number of amidine groups is 1. The molecule has 3 nitrogen and oxygen atoms in total. The van der Waals surface area contributed by atoms with Gasteiger partial charge in [0, 0.05) is 28.4 Å². The number of aliphatic imine (C=N–C) groups is 1. The molecule has 0 unspecified atom stereocenters. The van der Waals surface area contributed by atoms with Crippen LogP contribution in [0.4, 0.5) is 11.4 Å². The summed E-state index contributed by atoms with van der Waals surface area (Å²) in [5.41, 5.74) is 3.06. The Morgan fingerprint density at radius 1 is 0.828 bits per heavy atom. The van der Waals surface area contributed by atoms with Gasteiger partial charge in [0.05, 0.1) is 5.69 Å². The summed E-state index contributed by atoms with van der Waals surface area (Å²) >= 11 is 1.93. The van der Waals surface area contributed by atoms with Crippen molar-refractivity contribution in [2.45, 2.75) is 17.7 Å². The second-order valence-corrected chi connectivity index (χ2v) is 8.38. The van der Waals surface area contributed by atoms with Gasteiger partial charge in [0.2, 0.25) is 0 Å². The van der Waals surface area contributed by atoms with Gasteiger partial charge in [-0.1, -0.05) is 48.5 Å². The number of nitrogens with zero attached hydrogens (tertiary/aromatic N) is 2. The molecule has 1 heterocycles.